The molecule has 0 saturated carbocycles. The van der Waals surface area contributed by atoms with Gasteiger partial charge in [0.05, 0.1) is 6.04 Å². The largest absolute Gasteiger partial charge is 0.444 e. The molecule has 0 rings (SSSR count). The summed E-state index contributed by atoms with van der Waals surface area (Å²) in [6, 6.07) is -0.439. The third-order valence-electron chi connectivity index (χ3n) is 2.06. The molecule has 1 unspecified atom stereocenters. The summed E-state index contributed by atoms with van der Waals surface area (Å²) < 4.78 is 5.20. The molecule has 0 aliphatic heterocycles. The number of rotatable bonds is 4. The summed E-state index contributed by atoms with van der Waals surface area (Å²) in [6.07, 6.45) is 0.0837. The lowest BCUT2D eigenvalue weighted by Gasteiger charge is -2.27. The Labute approximate surface area is 128 Å². The predicted octanol–water partition coefficient (Wildman–Crippen LogP) is 2.08. The second-order valence-corrected chi connectivity index (χ2v) is 6.63. The first kappa shape index (κ1) is 21.8. The second-order valence-electron chi connectivity index (χ2n) is 6.63. The van der Waals surface area contributed by atoms with Crippen LogP contribution in [0.15, 0.2) is 5.10 Å². The molecule has 1 amide bonds. The number of hydrazine groups is 1. The van der Waals surface area contributed by atoms with Gasteiger partial charge in [0, 0.05) is 0 Å². The standard InChI is InChI=1S/C12H27N5O2.C2H6/c1-11(2,3)7-8(9(13)16-17-14)15-10(18)19-12(4,5)6;1-2/h8,17H,7,14H2,1-6H3,(H2,13,16)(H,15,18);1-2H3. The van der Waals surface area contributed by atoms with Crippen molar-refractivity contribution >= 4 is 11.9 Å². The van der Waals surface area contributed by atoms with Crippen LogP contribution < -0.4 is 22.4 Å². The zero-order valence-corrected chi connectivity index (χ0v) is 14.7. The van der Waals surface area contributed by atoms with Gasteiger partial charge in [0.2, 0.25) is 0 Å². The average molecular weight is 303 g/mol. The van der Waals surface area contributed by atoms with Crippen LogP contribution in [0.2, 0.25) is 0 Å². The molecule has 0 saturated heterocycles. The molecule has 0 aromatic heterocycles. The summed E-state index contributed by atoms with van der Waals surface area (Å²) in [7, 11) is 0. The van der Waals surface area contributed by atoms with Gasteiger partial charge in [-0.15, -0.1) is 5.10 Å². The van der Waals surface area contributed by atoms with Crippen LogP contribution in [0, 0.1) is 5.41 Å². The number of alkyl carbamates (subject to hydrolysis) is 1. The highest BCUT2D eigenvalue weighted by Gasteiger charge is 2.26. The minimum absolute atomic E-state index is 0.0333. The molecule has 7 nitrogen and oxygen atoms in total. The van der Waals surface area contributed by atoms with Crippen molar-refractivity contribution in [3.8, 4) is 0 Å². The molecule has 6 N–H and O–H groups in total. The third-order valence-corrected chi connectivity index (χ3v) is 2.06. The predicted molar refractivity (Wildman–Crippen MR) is 87.5 cm³/mol. The van der Waals surface area contributed by atoms with Crippen molar-refractivity contribution in [3.05, 3.63) is 0 Å². The van der Waals surface area contributed by atoms with Gasteiger partial charge >= 0.3 is 6.09 Å². The fourth-order valence-corrected chi connectivity index (χ4v) is 1.44. The highest BCUT2D eigenvalue weighted by molar-refractivity contribution is 5.88. The van der Waals surface area contributed by atoms with Crippen molar-refractivity contribution in [2.75, 3.05) is 0 Å². The van der Waals surface area contributed by atoms with E-state index in [0.717, 1.165) is 0 Å². The SMILES string of the molecule is CC.CC(C)(C)CC(NC(=O)OC(C)(C)C)/C(N)=N/NN. The van der Waals surface area contributed by atoms with Crippen LogP contribution in [-0.4, -0.2) is 23.6 Å². The lowest BCUT2D eigenvalue weighted by atomic mass is 9.88. The number of nitrogens with one attached hydrogen (secondary N) is 2. The lowest BCUT2D eigenvalue weighted by Crippen LogP contribution is -2.48. The smallest absolute Gasteiger partial charge is 0.408 e. The van der Waals surface area contributed by atoms with E-state index >= 15 is 0 Å². The molecule has 0 bridgehead atoms. The number of ether oxygens (including phenoxy) is 1. The van der Waals surface area contributed by atoms with E-state index in [-0.39, 0.29) is 11.3 Å². The molecule has 1 atom stereocenters. The molecule has 126 valence electrons. The average Bonchev–Trinajstić information content (AvgIpc) is 2.26. The Hall–Kier alpha value is -1.50. The summed E-state index contributed by atoms with van der Waals surface area (Å²) in [5.41, 5.74) is 7.32. The quantitative estimate of drug-likeness (QED) is 0.275. The summed E-state index contributed by atoms with van der Waals surface area (Å²) in [5, 5.41) is 6.41. The van der Waals surface area contributed by atoms with Crippen molar-refractivity contribution in [1.82, 2.24) is 10.9 Å². The lowest BCUT2D eigenvalue weighted by molar-refractivity contribution is 0.0509. The number of carbonyl (C=O) groups excluding carboxylic acids is 1. The maximum absolute atomic E-state index is 11.8. The number of hydrogen-bond donors (Lipinski definition) is 4. The van der Waals surface area contributed by atoms with Crippen LogP contribution in [0.1, 0.15) is 61.8 Å². The molecular formula is C14H33N5O2. The first-order chi connectivity index (χ1) is 9.44. The van der Waals surface area contributed by atoms with Crippen LogP contribution in [0.4, 0.5) is 4.79 Å². The highest BCUT2D eigenvalue weighted by Crippen LogP contribution is 2.21. The third kappa shape index (κ3) is 13.2. The van der Waals surface area contributed by atoms with Crippen molar-refractivity contribution in [2.24, 2.45) is 22.1 Å². The molecule has 0 aromatic rings. The normalized spacial score (nSPS) is 13.7. The first-order valence-corrected chi connectivity index (χ1v) is 7.23. The van der Waals surface area contributed by atoms with Crippen molar-refractivity contribution < 1.29 is 9.53 Å². The fraction of sp³-hybridized carbons (Fsp3) is 0.857. The minimum Gasteiger partial charge on any atom is -0.444 e. The molecule has 7 heteroatoms. The topological polar surface area (TPSA) is 115 Å². The Kier molecular flexibility index (Phi) is 9.79. The molecular weight excluding hydrogens is 270 g/mol. The van der Waals surface area contributed by atoms with Crippen LogP contribution in [0.25, 0.3) is 0 Å². The molecule has 21 heavy (non-hydrogen) atoms. The highest BCUT2D eigenvalue weighted by atomic mass is 16.6. The Morgan fingerprint density at radius 1 is 1.19 bits per heavy atom. The van der Waals surface area contributed by atoms with Gasteiger partial charge in [-0.2, -0.15) is 0 Å². The van der Waals surface area contributed by atoms with Gasteiger partial charge in [-0.3, -0.25) is 0 Å². The molecule has 0 aromatic carbocycles. The van der Waals surface area contributed by atoms with Gasteiger partial charge < -0.3 is 15.8 Å². The van der Waals surface area contributed by atoms with Gasteiger partial charge in [0.25, 0.3) is 0 Å². The summed E-state index contributed by atoms with van der Waals surface area (Å²) in [5.74, 6) is 5.31. The Balaban J connectivity index is 0. The van der Waals surface area contributed by atoms with Gasteiger partial charge in [-0.05, 0) is 32.6 Å². The summed E-state index contributed by atoms with van der Waals surface area (Å²) in [4.78, 5) is 11.8. The van der Waals surface area contributed by atoms with Crippen LogP contribution in [0.3, 0.4) is 0 Å². The van der Waals surface area contributed by atoms with Gasteiger partial charge in [0.1, 0.15) is 11.4 Å². The van der Waals surface area contributed by atoms with Crippen LogP contribution in [-0.2, 0) is 4.74 Å². The van der Waals surface area contributed by atoms with Crippen molar-refractivity contribution in [2.45, 2.75) is 73.5 Å². The number of amidine groups is 1. The van der Waals surface area contributed by atoms with Crippen LogP contribution in [0.5, 0.6) is 0 Å². The molecule has 0 spiro atoms. The number of carbonyl (C=O) groups is 1. The zero-order chi connectivity index (χ0) is 17.3. The minimum atomic E-state index is -0.561. The second kappa shape index (κ2) is 9.44. The zero-order valence-electron chi connectivity index (χ0n) is 14.7. The summed E-state index contributed by atoms with van der Waals surface area (Å²) >= 11 is 0. The number of nitrogens with two attached hydrogens (primary N) is 2. The van der Waals surface area contributed by atoms with E-state index in [1.807, 2.05) is 34.6 Å². The first-order valence-electron chi connectivity index (χ1n) is 7.23. The number of amides is 1. The van der Waals surface area contributed by atoms with E-state index in [9.17, 15) is 4.79 Å². The molecule has 0 aliphatic carbocycles. The molecule has 0 heterocycles. The van der Waals surface area contributed by atoms with E-state index in [4.69, 9.17) is 16.3 Å². The number of hydrogen-bond acceptors (Lipinski definition) is 5. The molecule has 0 aliphatic rings. The van der Waals surface area contributed by atoms with E-state index in [2.05, 4.69) is 16.0 Å². The fourth-order valence-electron chi connectivity index (χ4n) is 1.44. The van der Waals surface area contributed by atoms with Crippen molar-refractivity contribution in [1.29, 1.82) is 0 Å². The summed E-state index contributed by atoms with van der Waals surface area (Å²) in [6.45, 7) is 15.5. The Bertz CT molecular complexity index is 329. The van der Waals surface area contributed by atoms with E-state index in [0.29, 0.717) is 6.42 Å². The van der Waals surface area contributed by atoms with E-state index in [1.165, 1.54) is 0 Å². The molecule has 0 fully saturated rings. The van der Waals surface area contributed by atoms with E-state index in [1.54, 1.807) is 20.8 Å². The van der Waals surface area contributed by atoms with E-state index < -0.39 is 17.7 Å². The van der Waals surface area contributed by atoms with Crippen LogP contribution >= 0.6 is 0 Å². The van der Waals surface area contributed by atoms with Gasteiger partial charge in [-0.25, -0.2) is 16.2 Å². The maximum atomic E-state index is 11.8. The Morgan fingerprint density at radius 3 is 2.00 bits per heavy atom. The van der Waals surface area contributed by atoms with Crippen molar-refractivity contribution in [3.63, 3.8) is 0 Å². The molecule has 0 radical (unpaired) electrons. The number of nitrogens with zero attached hydrogens (tertiary/aromatic N) is 1. The maximum Gasteiger partial charge on any atom is 0.408 e. The Morgan fingerprint density at radius 2 is 1.67 bits per heavy atom. The number of hydrazone groups is 1. The van der Waals surface area contributed by atoms with Gasteiger partial charge in [-0.1, -0.05) is 34.6 Å². The van der Waals surface area contributed by atoms with Gasteiger partial charge in [0.15, 0.2) is 0 Å². The monoisotopic (exact) mass is 303 g/mol.